The first-order chi connectivity index (χ1) is 17.7. The fraction of sp³-hybridized carbons (Fsp3) is 0.345. The number of carbonyl (C=O) groups is 1. The van der Waals surface area contributed by atoms with Gasteiger partial charge >= 0.3 is 0 Å². The van der Waals surface area contributed by atoms with Crippen LogP contribution >= 0.6 is 0 Å². The van der Waals surface area contributed by atoms with Crippen molar-refractivity contribution in [3.63, 3.8) is 0 Å². The number of aryl methyl sites for hydroxylation is 1. The molecule has 0 radical (unpaired) electrons. The zero-order chi connectivity index (χ0) is 26.6. The molecule has 7 nitrogen and oxygen atoms in total. The molecule has 0 aromatic heterocycles. The fourth-order valence-corrected chi connectivity index (χ4v) is 6.20. The Hall–Kier alpha value is -3.52. The maximum Gasteiger partial charge on any atom is 0.264 e. The quantitative estimate of drug-likeness (QED) is 0.407. The second-order valence-corrected chi connectivity index (χ2v) is 11.2. The highest BCUT2D eigenvalue weighted by molar-refractivity contribution is 7.92. The van der Waals surface area contributed by atoms with Crippen molar-refractivity contribution < 1.29 is 22.7 Å². The Kier molecular flexibility index (Phi) is 7.78. The lowest BCUT2D eigenvalue weighted by molar-refractivity contribution is -0.121. The van der Waals surface area contributed by atoms with E-state index in [4.69, 9.17) is 9.47 Å². The van der Waals surface area contributed by atoms with Gasteiger partial charge in [-0.05, 0) is 50.1 Å². The third kappa shape index (κ3) is 5.44. The summed E-state index contributed by atoms with van der Waals surface area (Å²) in [5.74, 6) is 0.694. The second-order valence-electron chi connectivity index (χ2n) is 9.35. The number of hydrogen-bond acceptors (Lipinski definition) is 5. The van der Waals surface area contributed by atoms with Gasteiger partial charge in [0.15, 0.2) is 0 Å². The molecular formula is C29H34N2O5S. The van der Waals surface area contributed by atoms with E-state index in [1.165, 1.54) is 7.11 Å². The molecule has 1 amide bonds. The van der Waals surface area contributed by atoms with Crippen molar-refractivity contribution in [1.82, 2.24) is 5.32 Å². The number of ether oxygens (including phenoxy) is 2. The van der Waals surface area contributed by atoms with Crippen LogP contribution < -0.4 is 19.1 Å². The lowest BCUT2D eigenvalue weighted by Crippen LogP contribution is -2.47. The lowest BCUT2D eigenvalue weighted by Gasteiger charge is -2.41. The van der Waals surface area contributed by atoms with Crippen molar-refractivity contribution >= 4 is 21.6 Å². The second kappa shape index (κ2) is 10.8. The molecule has 0 aliphatic carbocycles. The standard InChI is InChI=1S/C29H34N2O5S/c1-5-29(6-2)19-24(23-11-7-9-13-26(23)36-29)30-28(32)20-31(25-12-8-10-14-27(25)35-4)37(33,34)22-17-15-21(3)16-18-22/h7-18,24H,5-6,19-20H2,1-4H3,(H,30,32). The maximum absolute atomic E-state index is 13.8. The average molecular weight is 523 g/mol. The molecule has 3 aromatic carbocycles. The summed E-state index contributed by atoms with van der Waals surface area (Å²) >= 11 is 0. The zero-order valence-electron chi connectivity index (χ0n) is 21.7. The number of methoxy groups -OCH3 is 1. The predicted molar refractivity (Wildman–Crippen MR) is 145 cm³/mol. The monoisotopic (exact) mass is 522 g/mol. The van der Waals surface area contributed by atoms with Crippen LogP contribution in [0.3, 0.4) is 0 Å². The van der Waals surface area contributed by atoms with Crippen molar-refractivity contribution in [2.24, 2.45) is 0 Å². The van der Waals surface area contributed by atoms with Crippen molar-refractivity contribution in [3.8, 4) is 11.5 Å². The smallest absolute Gasteiger partial charge is 0.264 e. The summed E-state index contributed by atoms with van der Waals surface area (Å²) in [5, 5.41) is 3.10. The van der Waals surface area contributed by atoms with Gasteiger partial charge in [-0.25, -0.2) is 8.42 Å². The molecule has 196 valence electrons. The van der Waals surface area contributed by atoms with Crippen LogP contribution in [0.4, 0.5) is 5.69 Å². The summed E-state index contributed by atoms with van der Waals surface area (Å²) in [6.07, 6.45) is 2.18. The molecule has 1 aliphatic heterocycles. The number of benzene rings is 3. The van der Waals surface area contributed by atoms with Crippen LogP contribution in [0.25, 0.3) is 0 Å². The number of nitrogens with zero attached hydrogens (tertiary/aromatic N) is 1. The molecular weight excluding hydrogens is 488 g/mol. The average Bonchev–Trinajstić information content (AvgIpc) is 2.91. The molecule has 0 saturated carbocycles. The number of para-hydroxylation sites is 3. The Morgan fingerprint density at radius 1 is 1.03 bits per heavy atom. The molecule has 8 heteroatoms. The SMILES string of the molecule is CCC1(CC)CC(NC(=O)CN(c2ccccc2OC)S(=O)(=O)c2ccc(C)cc2)c2ccccc2O1. The van der Waals surface area contributed by atoms with Crippen molar-refractivity contribution in [3.05, 3.63) is 83.9 Å². The van der Waals surface area contributed by atoms with Crippen LogP contribution in [0.2, 0.25) is 0 Å². The maximum atomic E-state index is 13.8. The van der Waals surface area contributed by atoms with Crippen LogP contribution in [0.5, 0.6) is 11.5 Å². The van der Waals surface area contributed by atoms with E-state index in [2.05, 4.69) is 19.2 Å². The van der Waals surface area contributed by atoms with Crippen LogP contribution in [0, 0.1) is 6.92 Å². The summed E-state index contributed by atoms with van der Waals surface area (Å²) < 4.78 is 40.5. The Labute approximate surface area is 219 Å². The van der Waals surface area contributed by atoms with Gasteiger partial charge in [-0.2, -0.15) is 0 Å². The molecule has 0 fully saturated rings. The Morgan fingerprint density at radius 2 is 1.68 bits per heavy atom. The number of nitrogens with one attached hydrogen (secondary N) is 1. The summed E-state index contributed by atoms with van der Waals surface area (Å²) in [5.41, 5.74) is 1.72. The fourth-order valence-electron chi connectivity index (χ4n) is 4.77. The lowest BCUT2D eigenvalue weighted by atomic mass is 9.83. The number of amides is 1. The molecule has 1 unspecified atom stereocenters. The van der Waals surface area contributed by atoms with Crippen molar-refractivity contribution in [1.29, 1.82) is 0 Å². The molecule has 0 saturated heterocycles. The van der Waals surface area contributed by atoms with E-state index in [0.717, 1.165) is 34.0 Å². The van der Waals surface area contributed by atoms with Crippen LogP contribution in [-0.2, 0) is 14.8 Å². The highest BCUT2D eigenvalue weighted by Crippen LogP contribution is 2.42. The van der Waals surface area contributed by atoms with Gasteiger partial charge in [0.05, 0.1) is 23.7 Å². The van der Waals surface area contributed by atoms with E-state index >= 15 is 0 Å². The molecule has 0 spiro atoms. The van der Waals surface area contributed by atoms with Gasteiger partial charge in [0.25, 0.3) is 10.0 Å². The molecule has 0 bridgehead atoms. The molecule has 1 aliphatic rings. The number of rotatable bonds is 9. The minimum atomic E-state index is -4.06. The van der Waals surface area contributed by atoms with Crippen LogP contribution in [0.15, 0.2) is 77.7 Å². The third-order valence-electron chi connectivity index (χ3n) is 7.07. The summed E-state index contributed by atoms with van der Waals surface area (Å²) in [6, 6.07) is 20.7. The first kappa shape index (κ1) is 26.5. The molecule has 37 heavy (non-hydrogen) atoms. The number of fused-ring (bicyclic) bond motifs is 1. The summed E-state index contributed by atoms with van der Waals surface area (Å²) in [6.45, 7) is 5.64. The first-order valence-electron chi connectivity index (χ1n) is 12.5. The minimum Gasteiger partial charge on any atom is -0.495 e. The number of anilines is 1. The van der Waals surface area contributed by atoms with E-state index in [9.17, 15) is 13.2 Å². The van der Waals surface area contributed by atoms with E-state index in [-0.39, 0.29) is 10.9 Å². The van der Waals surface area contributed by atoms with Gasteiger partial charge in [0.2, 0.25) is 5.91 Å². The largest absolute Gasteiger partial charge is 0.495 e. The zero-order valence-corrected chi connectivity index (χ0v) is 22.5. The van der Waals surface area contributed by atoms with Crippen molar-refractivity contribution in [2.45, 2.75) is 56.6 Å². The molecule has 3 aromatic rings. The molecule has 4 rings (SSSR count). The highest BCUT2D eigenvalue weighted by Gasteiger charge is 2.39. The number of hydrogen-bond donors (Lipinski definition) is 1. The van der Waals surface area contributed by atoms with Crippen molar-refractivity contribution in [2.75, 3.05) is 18.0 Å². The van der Waals surface area contributed by atoms with Crippen LogP contribution in [-0.4, -0.2) is 33.6 Å². The third-order valence-corrected chi connectivity index (χ3v) is 8.84. The predicted octanol–water partition coefficient (Wildman–Crippen LogP) is 5.40. The minimum absolute atomic E-state index is 0.101. The Bertz CT molecular complexity index is 1350. The number of carbonyl (C=O) groups excluding carboxylic acids is 1. The Morgan fingerprint density at radius 3 is 2.35 bits per heavy atom. The van der Waals surface area contributed by atoms with E-state index in [1.54, 1.807) is 48.5 Å². The normalized spacial score (nSPS) is 16.3. The Balaban J connectivity index is 1.68. The van der Waals surface area contributed by atoms with Gasteiger partial charge in [-0.1, -0.05) is 61.9 Å². The highest BCUT2D eigenvalue weighted by atomic mass is 32.2. The summed E-state index contributed by atoms with van der Waals surface area (Å²) in [7, 11) is -2.59. The topological polar surface area (TPSA) is 84.9 Å². The number of sulfonamides is 1. The first-order valence-corrected chi connectivity index (χ1v) is 14.0. The van der Waals surface area contributed by atoms with Crippen LogP contribution in [0.1, 0.15) is 50.3 Å². The van der Waals surface area contributed by atoms with E-state index in [0.29, 0.717) is 17.9 Å². The van der Waals surface area contributed by atoms with Gasteiger partial charge in [0.1, 0.15) is 23.6 Å². The van der Waals surface area contributed by atoms with Gasteiger partial charge in [-0.3, -0.25) is 9.10 Å². The van der Waals surface area contributed by atoms with Gasteiger partial charge in [-0.15, -0.1) is 0 Å². The molecule has 1 atom stereocenters. The van der Waals surface area contributed by atoms with Gasteiger partial charge < -0.3 is 14.8 Å². The van der Waals surface area contributed by atoms with E-state index in [1.807, 2.05) is 31.2 Å². The van der Waals surface area contributed by atoms with Gasteiger partial charge in [0, 0.05) is 12.0 Å². The molecule has 1 heterocycles. The summed E-state index contributed by atoms with van der Waals surface area (Å²) in [4.78, 5) is 13.6. The molecule has 1 N–H and O–H groups in total. The van der Waals surface area contributed by atoms with E-state index < -0.39 is 28.1 Å².